The maximum absolute atomic E-state index is 12.0. The topological polar surface area (TPSA) is 42.0 Å². The number of amides is 1. The monoisotopic (exact) mass is 286 g/mol. The summed E-state index contributed by atoms with van der Waals surface area (Å²) in [6, 6.07) is 6.46. The van der Waals surface area contributed by atoms with Crippen molar-refractivity contribution in [3.63, 3.8) is 0 Å². The number of anilines is 1. The average Bonchev–Trinajstić information content (AvgIpc) is 2.83. The molecular weight excluding hydrogens is 268 g/mol. The minimum absolute atomic E-state index is 0.00936. The Labute approximate surface area is 123 Å². The molecule has 104 valence electrons. The van der Waals surface area contributed by atoms with E-state index < -0.39 is 0 Å². The summed E-state index contributed by atoms with van der Waals surface area (Å²) in [5.41, 5.74) is 4.91. The van der Waals surface area contributed by atoms with E-state index in [2.05, 4.69) is 28.5 Å². The average molecular weight is 286 g/mol. The van der Waals surface area contributed by atoms with Crippen LogP contribution in [0.4, 0.5) is 5.13 Å². The predicted molar refractivity (Wildman–Crippen MR) is 82.3 cm³/mol. The largest absolute Gasteiger partial charge is 0.302 e. The zero-order valence-corrected chi connectivity index (χ0v) is 12.4. The molecule has 0 aliphatic heterocycles. The number of benzene rings is 1. The van der Waals surface area contributed by atoms with Crippen LogP contribution in [-0.2, 0) is 24.1 Å². The van der Waals surface area contributed by atoms with Crippen LogP contribution in [0.1, 0.15) is 35.2 Å². The van der Waals surface area contributed by atoms with E-state index in [0.717, 1.165) is 17.7 Å². The second-order valence-electron chi connectivity index (χ2n) is 5.33. The number of thiazole rings is 1. The summed E-state index contributed by atoms with van der Waals surface area (Å²) in [6.07, 6.45) is 5.31. The van der Waals surface area contributed by atoms with Crippen LogP contribution in [0.3, 0.4) is 0 Å². The van der Waals surface area contributed by atoms with Crippen LogP contribution in [-0.4, -0.2) is 10.9 Å². The van der Waals surface area contributed by atoms with Gasteiger partial charge in [-0.1, -0.05) is 18.2 Å². The maximum atomic E-state index is 12.0. The number of rotatable bonds is 3. The van der Waals surface area contributed by atoms with Crippen molar-refractivity contribution in [1.82, 2.24) is 4.98 Å². The van der Waals surface area contributed by atoms with Gasteiger partial charge in [0.05, 0.1) is 12.1 Å². The van der Waals surface area contributed by atoms with E-state index in [4.69, 9.17) is 0 Å². The van der Waals surface area contributed by atoms with Crippen LogP contribution in [0.25, 0.3) is 0 Å². The quantitative estimate of drug-likeness (QED) is 0.938. The molecule has 1 heterocycles. The van der Waals surface area contributed by atoms with Gasteiger partial charge < -0.3 is 5.32 Å². The van der Waals surface area contributed by atoms with Gasteiger partial charge in [0, 0.05) is 5.38 Å². The number of carbonyl (C=O) groups is 1. The normalized spacial score (nSPS) is 13.8. The molecule has 0 fully saturated rings. The van der Waals surface area contributed by atoms with E-state index in [0.29, 0.717) is 11.6 Å². The predicted octanol–water partition coefficient (Wildman–Crippen LogP) is 3.51. The van der Waals surface area contributed by atoms with Gasteiger partial charge >= 0.3 is 0 Å². The molecule has 1 aliphatic carbocycles. The summed E-state index contributed by atoms with van der Waals surface area (Å²) in [7, 11) is 0. The minimum atomic E-state index is 0.00936. The fourth-order valence-electron chi connectivity index (χ4n) is 2.66. The Bertz CT molecular complexity index is 633. The molecule has 3 nitrogen and oxygen atoms in total. The molecule has 1 amide bonds. The molecule has 0 saturated heterocycles. The van der Waals surface area contributed by atoms with Gasteiger partial charge in [0.2, 0.25) is 5.91 Å². The Morgan fingerprint density at radius 1 is 1.30 bits per heavy atom. The molecule has 2 aromatic rings. The van der Waals surface area contributed by atoms with Crippen molar-refractivity contribution in [1.29, 1.82) is 0 Å². The van der Waals surface area contributed by atoms with Gasteiger partial charge in [0.25, 0.3) is 0 Å². The van der Waals surface area contributed by atoms with Crippen LogP contribution < -0.4 is 5.32 Å². The molecule has 0 saturated carbocycles. The van der Waals surface area contributed by atoms with E-state index >= 15 is 0 Å². The van der Waals surface area contributed by atoms with Crippen LogP contribution in [0.5, 0.6) is 0 Å². The third-order valence-electron chi connectivity index (χ3n) is 3.64. The number of nitrogens with one attached hydrogen (secondary N) is 1. The van der Waals surface area contributed by atoms with E-state index in [-0.39, 0.29) is 5.91 Å². The second kappa shape index (κ2) is 5.75. The number of fused-ring (bicyclic) bond motifs is 1. The van der Waals surface area contributed by atoms with Crippen LogP contribution >= 0.6 is 11.3 Å². The van der Waals surface area contributed by atoms with Gasteiger partial charge in [-0.15, -0.1) is 11.3 Å². The molecule has 0 radical (unpaired) electrons. The first-order valence-corrected chi connectivity index (χ1v) is 7.91. The van der Waals surface area contributed by atoms with Gasteiger partial charge in [-0.2, -0.15) is 0 Å². The number of carbonyl (C=O) groups excluding carboxylic acids is 1. The van der Waals surface area contributed by atoms with Crippen molar-refractivity contribution in [2.24, 2.45) is 0 Å². The van der Waals surface area contributed by atoms with Gasteiger partial charge in [-0.3, -0.25) is 4.79 Å². The lowest BCUT2D eigenvalue weighted by molar-refractivity contribution is -0.115. The van der Waals surface area contributed by atoms with E-state index in [1.807, 2.05) is 12.3 Å². The Balaban J connectivity index is 1.66. The lowest BCUT2D eigenvalue weighted by atomic mass is 9.90. The first kappa shape index (κ1) is 13.3. The molecule has 1 aromatic carbocycles. The van der Waals surface area contributed by atoms with Crippen molar-refractivity contribution in [3.05, 3.63) is 46.0 Å². The molecule has 0 unspecified atom stereocenters. The zero-order valence-electron chi connectivity index (χ0n) is 11.6. The maximum Gasteiger partial charge on any atom is 0.230 e. The number of hydrogen-bond acceptors (Lipinski definition) is 3. The van der Waals surface area contributed by atoms with E-state index in [1.54, 1.807) is 0 Å². The van der Waals surface area contributed by atoms with E-state index in [9.17, 15) is 4.79 Å². The fraction of sp³-hybridized carbons (Fsp3) is 0.375. The summed E-state index contributed by atoms with van der Waals surface area (Å²) >= 11 is 1.47. The highest BCUT2D eigenvalue weighted by atomic mass is 32.1. The first-order chi connectivity index (χ1) is 9.70. The van der Waals surface area contributed by atoms with Gasteiger partial charge in [0.15, 0.2) is 5.13 Å². The summed E-state index contributed by atoms with van der Waals surface area (Å²) in [4.78, 5) is 16.3. The van der Waals surface area contributed by atoms with Crippen LogP contribution in [0.15, 0.2) is 23.6 Å². The van der Waals surface area contributed by atoms with Gasteiger partial charge in [0.1, 0.15) is 0 Å². The molecule has 20 heavy (non-hydrogen) atoms. The third-order valence-corrected chi connectivity index (χ3v) is 4.52. The fourth-order valence-corrected chi connectivity index (χ4v) is 3.36. The number of aromatic nitrogens is 1. The SMILES string of the molecule is Cc1csc(NC(=O)Cc2ccc3c(c2)CCCC3)n1. The van der Waals surface area contributed by atoms with Crippen molar-refractivity contribution >= 4 is 22.4 Å². The Morgan fingerprint density at radius 3 is 2.85 bits per heavy atom. The molecular formula is C16H18N2OS. The minimum Gasteiger partial charge on any atom is -0.302 e. The second-order valence-corrected chi connectivity index (χ2v) is 6.19. The highest BCUT2D eigenvalue weighted by Crippen LogP contribution is 2.22. The lowest BCUT2D eigenvalue weighted by Gasteiger charge is -2.16. The smallest absolute Gasteiger partial charge is 0.230 e. The van der Waals surface area contributed by atoms with Crippen LogP contribution in [0.2, 0.25) is 0 Å². The summed E-state index contributed by atoms with van der Waals surface area (Å²) < 4.78 is 0. The molecule has 1 N–H and O–H groups in total. The molecule has 0 atom stereocenters. The van der Waals surface area contributed by atoms with Crippen molar-refractivity contribution < 1.29 is 4.79 Å². The van der Waals surface area contributed by atoms with Crippen molar-refractivity contribution in [2.45, 2.75) is 39.0 Å². The number of aryl methyl sites for hydroxylation is 3. The standard InChI is InChI=1S/C16H18N2OS/c1-11-10-20-16(17-11)18-15(19)9-12-6-7-13-4-2-3-5-14(13)8-12/h6-8,10H,2-5,9H2,1H3,(H,17,18,19). The lowest BCUT2D eigenvalue weighted by Crippen LogP contribution is -2.15. The van der Waals surface area contributed by atoms with Crippen LogP contribution in [0, 0.1) is 6.92 Å². The Kier molecular flexibility index (Phi) is 3.83. The summed E-state index contributed by atoms with van der Waals surface area (Å²) in [5, 5.41) is 5.48. The van der Waals surface area contributed by atoms with Gasteiger partial charge in [-0.25, -0.2) is 4.98 Å². The molecule has 0 bridgehead atoms. The van der Waals surface area contributed by atoms with E-state index in [1.165, 1.54) is 41.7 Å². The molecule has 3 rings (SSSR count). The van der Waals surface area contributed by atoms with Crippen molar-refractivity contribution in [2.75, 3.05) is 5.32 Å². The molecule has 0 spiro atoms. The Morgan fingerprint density at radius 2 is 2.10 bits per heavy atom. The van der Waals surface area contributed by atoms with Gasteiger partial charge in [-0.05, 0) is 49.3 Å². The Hall–Kier alpha value is -1.68. The zero-order chi connectivity index (χ0) is 13.9. The first-order valence-electron chi connectivity index (χ1n) is 7.03. The molecule has 4 heteroatoms. The summed E-state index contributed by atoms with van der Waals surface area (Å²) in [5.74, 6) is 0.00936. The highest BCUT2D eigenvalue weighted by molar-refractivity contribution is 7.13. The summed E-state index contributed by atoms with van der Waals surface area (Å²) in [6.45, 7) is 1.93. The molecule has 1 aliphatic rings. The highest BCUT2D eigenvalue weighted by Gasteiger charge is 2.11. The number of hydrogen-bond donors (Lipinski definition) is 1. The molecule has 1 aromatic heterocycles. The van der Waals surface area contributed by atoms with Crippen molar-refractivity contribution in [3.8, 4) is 0 Å². The number of nitrogens with zero attached hydrogens (tertiary/aromatic N) is 1. The third kappa shape index (κ3) is 3.07.